The molecule has 0 bridgehead atoms. The van der Waals surface area contributed by atoms with Gasteiger partial charge in [0.2, 0.25) is 0 Å². The number of hydrogen-bond acceptors (Lipinski definition) is 5. The SMILES string of the molecule is COc1ccc(C(=O)COc2ccccc2[N+](=O)[O-])cc1. The van der Waals surface area contributed by atoms with E-state index in [4.69, 9.17) is 9.47 Å². The fourth-order valence-electron chi connectivity index (χ4n) is 1.73. The summed E-state index contributed by atoms with van der Waals surface area (Å²) in [5.41, 5.74) is 0.286. The minimum Gasteiger partial charge on any atom is -0.497 e. The average molecular weight is 287 g/mol. The maximum absolute atomic E-state index is 12.0. The van der Waals surface area contributed by atoms with Crippen LogP contribution in [0.1, 0.15) is 10.4 Å². The van der Waals surface area contributed by atoms with Gasteiger partial charge in [0, 0.05) is 11.6 Å². The zero-order valence-electron chi connectivity index (χ0n) is 11.3. The number of ketones is 1. The highest BCUT2D eigenvalue weighted by Gasteiger charge is 2.15. The van der Waals surface area contributed by atoms with Crippen LogP contribution in [-0.2, 0) is 0 Å². The molecule has 0 radical (unpaired) electrons. The molecule has 6 nitrogen and oxygen atoms in total. The summed E-state index contributed by atoms with van der Waals surface area (Å²) in [4.78, 5) is 22.2. The van der Waals surface area contributed by atoms with Crippen LogP contribution in [0.15, 0.2) is 48.5 Å². The van der Waals surface area contributed by atoms with Crippen molar-refractivity contribution in [1.29, 1.82) is 0 Å². The quantitative estimate of drug-likeness (QED) is 0.463. The molecule has 0 spiro atoms. The molecular weight excluding hydrogens is 274 g/mol. The number of Topliss-reactive ketones (excluding diaryl/α,β-unsaturated/α-hetero) is 1. The molecule has 0 aliphatic rings. The second-order valence-electron chi connectivity index (χ2n) is 4.17. The third-order valence-electron chi connectivity index (χ3n) is 2.83. The van der Waals surface area contributed by atoms with Crippen LogP contribution in [0.5, 0.6) is 11.5 Å². The number of ether oxygens (including phenoxy) is 2. The molecular formula is C15H13NO5. The molecule has 0 saturated carbocycles. The summed E-state index contributed by atoms with van der Waals surface area (Å²) in [5.74, 6) is 0.450. The third kappa shape index (κ3) is 3.56. The van der Waals surface area contributed by atoms with Gasteiger partial charge < -0.3 is 9.47 Å². The van der Waals surface area contributed by atoms with E-state index in [1.807, 2.05) is 0 Å². The second-order valence-corrected chi connectivity index (χ2v) is 4.17. The van der Waals surface area contributed by atoms with Crippen molar-refractivity contribution in [2.75, 3.05) is 13.7 Å². The van der Waals surface area contributed by atoms with Gasteiger partial charge in [0.15, 0.2) is 18.1 Å². The highest BCUT2D eigenvalue weighted by atomic mass is 16.6. The number of carbonyl (C=O) groups excluding carboxylic acids is 1. The predicted molar refractivity (Wildman–Crippen MR) is 75.9 cm³/mol. The van der Waals surface area contributed by atoms with Gasteiger partial charge in [-0.1, -0.05) is 12.1 Å². The van der Waals surface area contributed by atoms with Crippen LogP contribution in [0, 0.1) is 10.1 Å². The van der Waals surface area contributed by atoms with Gasteiger partial charge in [-0.25, -0.2) is 0 Å². The molecule has 0 unspecified atom stereocenters. The van der Waals surface area contributed by atoms with Crippen LogP contribution in [0.4, 0.5) is 5.69 Å². The number of rotatable bonds is 6. The van der Waals surface area contributed by atoms with Crippen LogP contribution in [0.25, 0.3) is 0 Å². The molecule has 0 amide bonds. The first-order chi connectivity index (χ1) is 10.1. The number of nitro groups is 1. The lowest BCUT2D eigenvalue weighted by Gasteiger charge is -2.06. The summed E-state index contributed by atoms with van der Waals surface area (Å²) in [5, 5.41) is 10.8. The fourth-order valence-corrected chi connectivity index (χ4v) is 1.73. The highest BCUT2D eigenvalue weighted by molar-refractivity contribution is 5.97. The van der Waals surface area contributed by atoms with E-state index < -0.39 is 4.92 Å². The van der Waals surface area contributed by atoms with Crippen molar-refractivity contribution in [1.82, 2.24) is 0 Å². The van der Waals surface area contributed by atoms with E-state index in [1.165, 1.54) is 25.3 Å². The van der Waals surface area contributed by atoms with Gasteiger partial charge in [0.1, 0.15) is 5.75 Å². The first-order valence-electron chi connectivity index (χ1n) is 6.15. The Morgan fingerprint density at radius 2 is 1.81 bits per heavy atom. The predicted octanol–water partition coefficient (Wildman–Crippen LogP) is 2.87. The molecule has 0 N–H and O–H groups in total. The van der Waals surface area contributed by atoms with Gasteiger partial charge in [-0.05, 0) is 30.3 Å². The van der Waals surface area contributed by atoms with Crippen LogP contribution >= 0.6 is 0 Å². The van der Waals surface area contributed by atoms with Gasteiger partial charge >= 0.3 is 5.69 Å². The molecule has 0 saturated heterocycles. The number of nitro benzene ring substituents is 1. The van der Waals surface area contributed by atoms with E-state index in [1.54, 1.807) is 30.3 Å². The zero-order chi connectivity index (χ0) is 15.2. The molecule has 0 heterocycles. The minimum absolute atomic E-state index is 0.0735. The van der Waals surface area contributed by atoms with Crippen LogP contribution < -0.4 is 9.47 Å². The van der Waals surface area contributed by atoms with Crippen LogP contribution in [-0.4, -0.2) is 24.4 Å². The highest BCUT2D eigenvalue weighted by Crippen LogP contribution is 2.25. The Morgan fingerprint density at radius 3 is 2.43 bits per heavy atom. The standard InChI is InChI=1S/C15H13NO5/c1-20-12-8-6-11(7-9-12)14(17)10-21-15-5-3-2-4-13(15)16(18)19/h2-9H,10H2,1H3. The summed E-state index contributed by atoms with van der Waals surface area (Å²) in [6.45, 7) is -0.267. The van der Waals surface area contributed by atoms with Gasteiger partial charge in [-0.3, -0.25) is 14.9 Å². The summed E-state index contributed by atoms with van der Waals surface area (Å²) in [6, 6.07) is 12.5. The first-order valence-corrected chi connectivity index (χ1v) is 6.15. The molecule has 0 atom stereocenters. The Bertz CT molecular complexity index is 651. The molecule has 21 heavy (non-hydrogen) atoms. The van der Waals surface area contributed by atoms with Crippen molar-refractivity contribution in [3.63, 3.8) is 0 Å². The summed E-state index contributed by atoms with van der Waals surface area (Å²) in [6.07, 6.45) is 0. The molecule has 2 aromatic carbocycles. The van der Waals surface area contributed by atoms with E-state index in [0.29, 0.717) is 11.3 Å². The average Bonchev–Trinajstić information content (AvgIpc) is 2.52. The number of hydrogen-bond donors (Lipinski definition) is 0. The van der Waals surface area contributed by atoms with E-state index >= 15 is 0 Å². The van der Waals surface area contributed by atoms with Crippen LogP contribution in [0.2, 0.25) is 0 Å². The van der Waals surface area contributed by atoms with Crippen molar-refractivity contribution in [2.24, 2.45) is 0 Å². The lowest BCUT2D eigenvalue weighted by atomic mass is 10.1. The second kappa shape index (κ2) is 6.51. The molecule has 0 aliphatic heterocycles. The summed E-state index contributed by atoms with van der Waals surface area (Å²) < 4.78 is 10.3. The molecule has 6 heteroatoms. The largest absolute Gasteiger partial charge is 0.497 e. The first kappa shape index (κ1) is 14.5. The molecule has 2 rings (SSSR count). The van der Waals surface area contributed by atoms with Crippen molar-refractivity contribution < 1.29 is 19.2 Å². The zero-order valence-corrected chi connectivity index (χ0v) is 11.3. The monoisotopic (exact) mass is 287 g/mol. The van der Waals surface area contributed by atoms with E-state index in [-0.39, 0.29) is 23.8 Å². The fraction of sp³-hybridized carbons (Fsp3) is 0.133. The lowest BCUT2D eigenvalue weighted by Crippen LogP contribution is -2.12. The number of benzene rings is 2. The molecule has 0 aromatic heterocycles. The summed E-state index contributed by atoms with van der Waals surface area (Å²) in [7, 11) is 1.54. The normalized spacial score (nSPS) is 9.95. The van der Waals surface area contributed by atoms with Gasteiger partial charge in [0.25, 0.3) is 0 Å². The number of methoxy groups -OCH3 is 1. The Balaban J connectivity index is 2.05. The van der Waals surface area contributed by atoms with Crippen molar-refractivity contribution >= 4 is 11.5 Å². The van der Waals surface area contributed by atoms with Crippen molar-refractivity contribution in [3.05, 3.63) is 64.2 Å². The Labute approximate surface area is 121 Å². The number of nitrogens with zero attached hydrogens (tertiary/aromatic N) is 1. The molecule has 108 valence electrons. The topological polar surface area (TPSA) is 78.7 Å². The molecule has 0 fully saturated rings. The van der Waals surface area contributed by atoms with E-state index in [9.17, 15) is 14.9 Å². The summed E-state index contributed by atoms with van der Waals surface area (Å²) >= 11 is 0. The number of para-hydroxylation sites is 2. The van der Waals surface area contributed by atoms with Gasteiger partial charge in [0.05, 0.1) is 12.0 Å². The lowest BCUT2D eigenvalue weighted by molar-refractivity contribution is -0.385. The maximum atomic E-state index is 12.0. The van der Waals surface area contributed by atoms with Gasteiger partial charge in [-0.15, -0.1) is 0 Å². The Hall–Kier alpha value is -2.89. The van der Waals surface area contributed by atoms with E-state index in [2.05, 4.69) is 0 Å². The number of carbonyl (C=O) groups is 1. The van der Waals surface area contributed by atoms with Crippen molar-refractivity contribution in [3.8, 4) is 11.5 Å². The maximum Gasteiger partial charge on any atom is 0.310 e. The van der Waals surface area contributed by atoms with Crippen LogP contribution in [0.3, 0.4) is 0 Å². The Kier molecular flexibility index (Phi) is 4.50. The third-order valence-corrected chi connectivity index (χ3v) is 2.83. The van der Waals surface area contributed by atoms with Gasteiger partial charge in [-0.2, -0.15) is 0 Å². The molecule has 2 aromatic rings. The Morgan fingerprint density at radius 1 is 1.14 bits per heavy atom. The minimum atomic E-state index is -0.548. The van der Waals surface area contributed by atoms with E-state index in [0.717, 1.165) is 0 Å². The smallest absolute Gasteiger partial charge is 0.310 e. The van der Waals surface area contributed by atoms with Crippen molar-refractivity contribution in [2.45, 2.75) is 0 Å². The molecule has 0 aliphatic carbocycles.